The summed E-state index contributed by atoms with van der Waals surface area (Å²) in [6.07, 6.45) is 8.51. The molecule has 0 saturated heterocycles. The first-order valence-electron chi connectivity index (χ1n) is 14.6. The predicted octanol–water partition coefficient (Wildman–Crippen LogP) is 4.74. The minimum atomic E-state index is -3.78. The molecule has 234 valence electrons. The van der Waals surface area contributed by atoms with Gasteiger partial charge in [-0.1, -0.05) is 12.8 Å². The number of amides is 1. The van der Waals surface area contributed by atoms with Crippen molar-refractivity contribution in [3.8, 4) is 11.5 Å². The molecule has 0 unspecified atom stereocenters. The van der Waals surface area contributed by atoms with E-state index >= 15 is 0 Å². The lowest BCUT2D eigenvalue weighted by atomic mass is 9.96. The number of benzene rings is 2. The van der Waals surface area contributed by atoms with Crippen molar-refractivity contribution in [3.63, 3.8) is 0 Å². The van der Waals surface area contributed by atoms with Crippen molar-refractivity contribution in [1.29, 1.82) is 0 Å². The van der Waals surface area contributed by atoms with Gasteiger partial charge >= 0.3 is 0 Å². The summed E-state index contributed by atoms with van der Waals surface area (Å²) in [7, 11) is -0.206. The van der Waals surface area contributed by atoms with Gasteiger partial charge in [-0.25, -0.2) is 27.5 Å². The van der Waals surface area contributed by atoms with E-state index in [9.17, 15) is 17.6 Å². The highest BCUT2D eigenvalue weighted by Gasteiger charge is 2.21. The first-order chi connectivity index (χ1) is 21.7. The second-order valence-corrected chi connectivity index (χ2v) is 12.7. The average Bonchev–Trinajstić information content (AvgIpc) is 3.78. The van der Waals surface area contributed by atoms with Gasteiger partial charge in [-0.3, -0.25) is 9.78 Å². The van der Waals surface area contributed by atoms with Crippen LogP contribution in [0.2, 0.25) is 0 Å². The Labute approximate surface area is 259 Å². The number of pyridine rings is 1. The molecular formula is C31H33FN8O4S. The monoisotopic (exact) mass is 632 g/mol. The Morgan fingerprint density at radius 1 is 1.02 bits per heavy atom. The van der Waals surface area contributed by atoms with Crippen LogP contribution in [0.4, 0.5) is 16.0 Å². The van der Waals surface area contributed by atoms with Crippen molar-refractivity contribution in [3.05, 3.63) is 84.3 Å². The molecule has 1 saturated carbocycles. The molecule has 5 aromatic rings. The van der Waals surface area contributed by atoms with E-state index in [0.29, 0.717) is 23.0 Å². The standard InChI is InChI=1S/C31H33FN8O4S/c1-39-18-29(35-19-39)45(42,43)36-14-13-34-30(41)27-17-23(11-12-33-27)44-22-8-10-28-26(16-22)38-31(40(28)2)37-21-7-9-25(32)24(15-21)20-5-3-4-6-20/h7-12,15-20,36H,3-6,13-14H2,1-2H3,(H,34,41)(H,37,38). The summed E-state index contributed by atoms with van der Waals surface area (Å²) >= 11 is 0. The lowest BCUT2D eigenvalue weighted by Gasteiger charge is -2.13. The third-order valence-corrected chi connectivity index (χ3v) is 9.10. The summed E-state index contributed by atoms with van der Waals surface area (Å²) in [5.74, 6) is 1.12. The van der Waals surface area contributed by atoms with Gasteiger partial charge in [0, 0.05) is 57.4 Å². The molecule has 3 N–H and O–H groups in total. The van der Waals surface area contributed by atoms with Crippen molar-refractivity contribution in [2.45, 2.75) is 36.6 Å². The van der Waals surface area contributed by atoms with Crippen LogP contribution in [0.3, 0.4) is 0 Å². The van der Waals surface area contributed by atoms with Crippen molar-refractivity contribution in [2.75, 3.05) is 18.4 Å². The molecule has 2 aromatic carbocycles. The highest BCUT2D eigenvalue weighted by atomic mass is 32.2. The molecule has 0 bridgehead atoms. The van der Waals surface area contributed by atoms with Crippen LogP contribution < -0.4 is 20.1 Å². The van der Waals surface area contributed by atoms with E-state index in [1.54, 1.807) is 31.3 Å². The minimum Gasteiger partial charge on any atom is -0.457 e. The van der Waals surface area contributed by atoms with Gasteiger partial charge in [-0.05, 0) is 60.7 Å². The number of fused-ring (bicyclic) bond motifs is 1. The third kappa shape index (κ3) is 6.81. The van der Waals surface area contributed by atoms with Gasteiger partial charge in [0.25, 0.3) is 15.9 Å². The van der Waals surface area contributed by atoms with Crippen LogP contribution in [0.15, 0.2) is 72.3 Å². The molecule has 6 rings (SSSR count). The number of nitrogens with zero attached hydrogens (tertiary/aromatic N) is 5. The Morgan fingerprint density at radius 3 is 2.60 bits per heavy atom. The Hall–Kier alpha value is -4.82. The maximum atomic E-state index is 14.5. The molecule has 1 aliphatic carbocycles. The molecule has 0 atom stereocenters. The zero-order valence-electron chi connectivity index (χ0n) is 24.8. The number of imidazole rings is 2. The number of nitrogens with one attached hydrogen (secondary N) is 3. The third-order valence-electron chi connectivity index (χ3n) is 7.76. The Morgan fingerprint density at radius 2 is 1.82 bits per heavy atom. The number of aromatic nitrogens is 5. The Kier molecular flexibility index (Phi) is 8.50. The maximum Gasteiger partial charge on any atom is 0.270 e. The number of aryl methyl sites for hydroxylation is 2. The Bertz CT molecular complexity index is 1970. The van der Waals surface area contributed by atoms with Crippen LogP contribution in [0.1, 0.15) is 47.7 Å². The molecule has 0 radical (unpaired) electrons. The summed E-state index contributed by atoms with van der Waals surface area (Å²) in [6, 6.07) is 13.7. The SMILES string of the molecule is Cn1cnc(S(=O)(=O)NCCNC(=O)c2cc(Oc3ccc4c(c3)nc(Nc3ccc(F)c(C5CCCC5)c3)n4C)ccn2)c1. The van der Waals surface area contributed by atoms with Crippen LogP contribution in [0.25, 0.3) is 11.0 Å². The van der Waals surface area contributed by atoms with Crippen LogP contribution in [0.5, 0.6) is 11.5 Å². The van der Waals surface area contributed by atoms with Gasteiger partial charge in [0.15, 0.2) is 5.03 Å². The largest absolute Gasteiger partial charge is 0.457 e. The molecule has 3 heterocycles. The Balaban J connectivity index is 1.09. The summed E-state index contributed by atoms with van der Waals surface area (Å²) < 4.78 is 51.0. The number of carbonyl (C=O) groups excluding carboxylic acids is 1. The minimum absolute atomic E-state index is 0.0232. The van der Waals surface area contributed by atoms with Crippen LogP contribution in [0, 0.1) is 5.82 Å². The fourth-order valence-corrected chi connectivity index (χ4v) is 6.45. The molecule has 1 aliphatic rings. The maximum absolute atomic E-state index is 14.5. The van der Waals surface area contributed by atoms with Gasteiger partial charge in [0.2, 0.25) is 5.95 Å². The number of sulfonamides is 1. The molecular weight excluding hydrogens is 599 g/mol. The highest BCUT2D eigenvalue weighted by Crippen LogP contribution is 2.37. The fourth-order valence-electron chi connectivity index (χ4n) is 5.44. The predicted molar refractivity (Wildman–Crippen MR) is 167 cm³/mol. The summed E-state index contributed by atoms with van der Waals surface area (Å²) in [5, 5.41) is 5.88. The summed E-state index contributed by atoms with van der Waals surface area (Å²) in [6.45, 7) is 0.0226. The molecule has 12 nitrogen and oxygen atoms in total. The zero-order chi connectivity index (χ0) is 31.6. The van der Waals surface area contributed by atoms with Crippen LogP contribution in [-0.2, 0) is 24.1 Å². The van der Waals surface area contributed by atoms with Crippen molar-refractivity contribution >= 4 is 38.6 Å². The number of carbonyl (C=O) groups is 1. The molecule has 0 spiro atoms. The normalized spacial score (nSPS) is 13.8. The van der Waals surface area contributed by atoms with E-state index in [0.717, 1.165) is 42.5 Å². The second-order valence-electron chi connectivity index (χ2n) is 11.0. The smallest absolute Gasteiger partial charge is 0.270 e. The van der Waals surface area contributed by atoms with E-state index in [4.69, 9.17) is 9.72 Å². The topological polar surface area (TPSA) is 145 Å². The highest BCUT2D eigenvalue weighted by molar-refractivity contribution is 7.89. The van der Waals surface area contributed by atoms with Crippen LogP contribution >= 0.6 is 0 Å². The molecule has 14 heteroatoms. The van der Waals surface area contributed by atoms with Crippen LogP contribution in [-0.4, -0.2) is 51.5 Å². The quantitative estimate of drug-likeness (QED) is 0.177. The van der Waals surface area contributed by atoms with Crippen molar-refractivity contribution in [2.24, 2.45) is 14.1 Å². The lowest BCUT2D eigenvalue weighted by molar-refractivity contribution is 0.0949. The average molecular weight is 633 g/mol. The first-order valence-corrected chi connectivity index (χ1v) is 16.1. The number of hydrogen-bond acceptors (Lipinski definition) is 8. The van der Waals surface area contributed by atoms with Crippen molar-refractivity contribution < 1.29 is 22.3 Å². The number of ether oxygens (including phenoxy) is 1. The molecule has 1 fully saturated rings. The van der Waals surface area contributed by atoms with Gasteiger partial charge in [-0.15, -0.1) is 0 Å². The van der Waals surface area contributed by atoms with E-state index in [1.807, 2.05) is 23.7 Å². The first kappa shape index (κ1) is 30.2. The number of anilines is 2. The van der Waals surface area contributed by atoms with E-state index < -0.39 is 15.9 Å². The fraction of sp³-hybridized carbons (Fsp3) is 0.290. The van der Waals surface area contributed by atoms with Gasteiger partial charge < -0.3 is 24.5 Å². The molecule has 1 amide bonds. The van der Waals surface area contributed by atoms with E-state index in [1.165, 1.54) is 35.4 Å². The number of halogens is 1. The van der Waals surface area contributed by atoms with E-state index in [-0.39, 0.29) is 35.5 Å². The summed E-state index contributed by atoms with van der Waals surface area (Å²) in [4.78, 5) is 25.3. The van der Waals surface area contributed by atoms with Gasteiger partial charge in [0.1, 0.15) is 23.0 Å². The zero-order valence-corrected chi connectivity index (χ0v) is 25.6. The molecule has 45 heavy (non-hydrogen) atoms. The molecule has 3 aromatic heterocycles. The van der Waals surface area contributed by atoms with Gasteiger partial charge in [0.05, 0.1) is 17.4 Å². The number of rotatable bonds is 11. The number of hydrogen-bond donors (Lipinski definition) is 3. The second kappa shape index (κ2) is 12.7. The van der Waals surface area contributed by atoms with Crippen molar-refractivity contribution in [1.82, 2.24) is 34.1 Å². The summed E-state index contributed by atoms with van der Waals surface area (Å²) in [5.41, 5.74) is 3.21. The molecule has 0 aliphatic heterocycles. The van der Waals surface area contributed by atoms with E-state index in [2.05, 4.69) is 25.3 Å². The van der Waals surface area contributed by atoms with Gasteiger partial charge in [-0.2, -0.15) is 0 Å². The lowest BCUT2D eigenvalue weighted by Crippen LogP contribution is -2.35.